The van der Waals surface area contributed by atoms with Gasteiger partial charge >= 0.3 is 5.51 Å². The Balaban J connectivity index is 3.64. The Kier molecular flexibility index (Phi) is 2.93. The fraction of sp³-hybridized carbons (Fsp3) is 0.333. The summed E-state index contributed by atoms with van der Waals surface area (Å²) in [6, 6.07) is 2.63. The van der Waals surface area contributed by atoms with Crippen LogP contribution in [0.15, 0.2) is 17.0 Å². The minimum Gasteiger partial charge on any atom is -0.398 e. The molecule has 0 radical (unpaired) electrons. The first kappa shape index (κ1) is 12.8. The van der Waals surface area contributed by atoms with Crippen LogP contribution in [0.1, 0.15) is 11.1 Å². The van der Waals surface area contributed by atoms with E-state index in [2.05, 4.69) is 0 Å². The van der Waals surface area contributed by atoms with Gasteiger partial charge in [0.15, 0.2) is 0 Å². The van der Waals surface area contributed by atoms with Crippen LogP contribution in [0.5, 0.6) is 0 Å². The van der Waals surface area contributed by atoms with Gasteiger partial charge in [-0.1, -0.05) is 6.07 Å². The minimum atomic E-state index is -5.39. The summed E-state index contributed by atoms with van der Waals surface area (Å²) in [7, 11) is -5.39. The largest absolute Gasteiger partial charge is 0.501 e. The Labute approximate surface area is 91.0 Å². The lowest BCUT2D eigenvalue weighted by molar-refractivity contribution is -0.0436. The lowest BCUT2D eigenvalue weighted by Gasteiger charge is -2.14. The van der Waals surface area contributed by atoms with Crippen molar-refractivity contribution in [1.29, 1.82) is 0 Å². The van der Waals surface area contributed by atoms with E-state index >= 15 is 0 Å². The van der Waals surface area contributed by atoms with Gasteiger partial charge in [-0.2, -0.15) is 13.2 Å². The van der Waals surface area contributed by atoms with Crippen LogP contribution >= 0.6 is 0 Å². The molecule has 7 heteroatoms. The van der Waals surface area contributed by atoms with E-state index in [0.29, 0.717) is 5.56 Å². The second kappa shape index (κ2) is 3.65. The number of hydrogen-bond donors (Lipinski definition) is 1. The zero-order valence-corrected chi connectivity index (χ0v) is 9.41. The molecule has 3 nitrogen and oxygen atoms in total. The highest BCUT2D eigenvalue weighted by Crippen LogP contribution is 2.36. The van der Waals surface area contributed by atoms with Crippen molar-refractivity contribution < 1.29 is 21.6 Å². The van der Waals surface area contributed by atoms with Crippen LogP contribution in [0.25, 0.3) is 0 Å². The molecule has 0 saturated heterocycles. The Morgan fingerprint density at radius 3 is 2.12 bits per heavy atom. The molecule has 0 aliphatic rings. The fourth-order valence-corrected chi connectivity index (χ4v) is 2.46. The van der Waals surface area contributed by atoms with Crippen molar-refractivity contribution in [2.24, 2.45) is 0 Å². The molecule has 1 aromatic rings. The summed E-state index contributed by atoms with van der Waals surface area (Å²) in [6.45, 7) is 2.81. The van der Waals surface area contributed by atoms with E-state index in [1.165, 1.54) is 19.9 Å². The zero-order chi connectivity index (χ0) is 12.7. The summed E-state index contributed by atoms with van der Waals surface area (Å²) in [5.41, 5.74) is 0.0387. The third-order valence-corrected chi connectivity index (χ3v) is 3.97. The number of halogens is 3. The van der Waals surface area contributed by atoms with Crippen molar-refractivity contribution in [3.05, 3.63) is 23.3 Å². The third kappa shape index (κ3) is 1.87. The van der Waals surface area contributed by atoms with E-state index in [1.807, 2.05) is 0 Å². The molecule has 2 N–H and O–H groups in total. The van der Waals surface area contributed by atoms with Crippen molar-refractivity contribution in [3.8, 4) is 0 Å². The SMILES string of the molecule is Cc1ccc(N)c(S(=O)(=O)C(F)(F)F)c1C. The molecule has 0 heterocycles. The fourth-order valence-electron chi connectivity index (χ4n) is 1.28. The lowest BCUT2D eigenvalue weighted by Crippen LogP contribution is -2.25. The maximum absolute atomic E-state index is 12.4. The Hall–Kier alpha value is -1.24. The van der Waals surface area contributed by atoms with E-state index in [-0.39, 0.29) is 11.3 Å². The minimum absolute atomic E-state index is 0.0253. The molecular weight excluding hydrogens is 243 g/mol. The van der Waals surface area contributed by atoms with Crippen molar-refractivity contribution in [2.75, 3.05) is 5.73 Å². The number of rotatable bonds is 1. The summed E-state index contributed by atoms with van der Waals surface area (Å²) >= 11 is 0. The van der Waals surface area contributed by atoms with E-state index in [9.17, 15) is 21.6 Å². The summed E-state index contributed by atoms with van der Waals surface area (Å²) in [5.74, 6) is 0. The van der Waals surface area contributed by atoms with Crippen LogP contribution in [-0.4, -0.2) is 13.9 Å². The van der Waals surface area contributed by atoms with Crippen LogP contribution in [-0.2, 0) is 9.84 Å². The molecule has 0 aliphatic carbocycles. The second-order valence-electron chi connectivity index (χ2n) is 3.37. The van der Waals surface area contributed by atoms with Gasteiger partial charge in [0.05, 0.1) is 5.69 Å². The van der Waals surface area contributed by atoms with E-state index in [1.54, 1.807) is 0 Å². The average Bonchev–Trinajstić information content (AvgIpc) is 2.10. The molecule has 0 unspecified atom stereocenters. The molecule has 0 aromatic heterocycles. The molecule has 0 amide bonds. The number of hydrogen-bond acceptors (Lipinski definition) is 3. The predicted molar refractivity (Wildman–Crippen MR) is 53.6 cm³/mol. The first-order valence-corrected chi connectivity index (χ1v) is 5.74. The van der Waals surface area contributed by atoms with Gasteiger partial charge in [0, 0.05) is 0 Å². The summed E-state index contributed by atoms with van der Waals surface area (Å²) in [4.78, 5) is -0.847. The number of aryl methyl sites for hydroxylation is 1. The molecule has 0 atom stereocenters. The highest BCUT2D eigenvalue weighted by molar-refractivity contribution is 7.92. The van der Waals surface area contributed by atoms with E-state index < -0.39 is 20.2 Å². The van der Waals surface area contributed by atoms with Crippen LogP contribution in [0.4, 0.5) is 18.9 Å². The predicted octanol–water partition coefficient (Wildman–Crippen LogP) is 2.18. The normalized spacial score (nSPS) is 12.8. The molecule has 1 aromatic carbocycles. The maximum Gasteiger partial charge on any atom is 0.501 e. The summed E-state index contributed by atoms with van der Waals surface area (Å²) in [6.07, 6.45) is 0. The van der Waals surface area contributed by atoms with Crippen LogP contribution in [0.3, 0.4) is 0 Å². The molecule has 0 saturated carbocycles. The number of nitrogen functional groups attached to an aromatic ring is 1. The van der Waals surface area contributed by atoms with Crippen LogP contribution in [0.2, 0.25) is 0 Å². The number of alkyl halides is 3. The molecular formula is C9H10F3NO2S. The summed E-state index contributed by atoms with van der Waals surface area (Å²) in [5, 5.41) is 0. The van der Waals surface area contributed by atoms with Crippen LogP contribution in [0, 0.1) is 13.8 Å². The first-order valence-electron chi connectivity index (χ1n) is 4.26. The van der Waals surface area contributed by atoms with Gasteiger partial charge in [-0.25, -0.2) is 8.42 Å². The van der Waals surface area contributed by atoms with Gasteiger partial charge in [0.25, 0.3) is 9.84 Å². The number of anilines is 1. The molecule has 0 aliphatic heterocycles. The molecule has 90 valence electrons. The van der Waals surface area contributed by atoms with Crippen molar-refractivity contribution in [3.63, 3.8) is 0 Å². The van der Waals surface area contributed by atoms with Crippen molar-refractivity contribution in [1.82, 2.24) is 0 Å². The van der Waals surface area contributed by atoms with Crippen LogP contribution < -0.4 is 5.73 Å². The molecule has 1 rings (SSSR count). The van der Waals surface area contributed by atoms with E-state index in [0.717, 1.165) is 6.07 Å². The highest BCUT2D eigenvalue weighted by Gasteiger charge is 2.48. The first-order chi connectivity index (χ1) is 7.09. The second-order valence-corrected chi connectivity index (χ2v) is 5.25. The molecule has 16 heavy (non-hydrogen) atoms. The third-order valence-electron chi connectivity index (χ3n) is 2.28. The monoisotopic (exact) mass is 253 g/mol. The maximum atomic E-state index is 12.4. The number of sulfone groups is 1. The van der Waals surface area contributed by atoms with Gasteiger partial charge in [0.1, 0.15) is 4.90 Å². The molecule has 0 bridgehead atoms. The smallest absolute Gasteiger partial charge is 0.398 e. The van der Waals surface area contributed by atoms with Gasteiger partial charge in [-0.15, -0.1) is 0 Å². The van der Waals surface area contributed by atoms with E-state index in [4.69, 9.17) is 5.73 Å². The molecule has 0 spiro atoms. The average molecular weight is 253 g/mol. The topological polar surface area (TPSA) is 60.2 Å². The van der Waals surface area contributed by atoms with Gasteiger partial charge in [-0.05, 0) is 31.0 Å². The Bertz CT molecular complexity index is 520. The highest BCUT2D eigenvalue weighted by atomic mass is 32.2. The molecule has 0 fully saturated rings. The lowest BCUT2D eigenvalue weighted by atomic mass is 10.1. The number of benzene rings is 1. The van der Waals surface area contributed by atoms with Gasteiger partial charge in [0.2, 0.25) is 0 Å². The van der Waals surface area contributed by atoms with Gasteiger partial charge < -0.3 is 5.73 Å². The zero-order valence-electron chi connectivity index (χ0n) is 8.59. The summed E-state index contributed by atoms with van der Waals surface area (Å²) < 4.78 is 59.6. The Morgan fingerprint density at radius 1 is 1.19 bits per heavy atom. The Morgan fingerprint density at radius 2 is 1.69 bits per heavy atom. The van der Waals surface area contributed by atoms with Crippen molar-refractivity contribution in [2.45, 2.75) is 24.3 Å². The van der Waals surface area contributed by atoms with Gasteiger partial charge in [-0.3, -0.25) is 0 Å². The number of nitrogens with two attached hydrogens (primary N) is 1. The quantitative estimate of drug-likeness (QED) is 0.780. The van der Waals surface area contributed by atoms with Crippen molar-refractivity contribution >= 4 is 15.5 Å². The standard InChI is InChI=1S/C9H10F3NO2S/c1-5-3-4-7(13)8(6(5)2)16(14,15)9(10,11)12/h3-4H,13H2,1-2H3.